The van der Waals surface area contributed by atoms with Gasteiger partial charge in [-0.1, -0.05) is 18.2 Å². The minimum absolute atomic E-state index is 0.0183. The third-order valence-electron chi connectivity index (χ3n) is 4.95. The van der Waals surface area contributed by atoms with E-state index < -0.39 is 60.8 Å². The lowest BCUT2D eigenvalue weighted by atomic mass is 10.0. The average Bonchev–Trinajstić information content (AvgIpc) is 3.18. The predicted octanol–water partition coefficient (Wildman–Crippen LogP) is -0.907. The number of aromatic amines is 1. The second-order valence-electron chi connectivity index (χ2n) is 7.45. The van der Waals surface area contributed by atoms with E-state index in [1.165, 1.54) is 6.92 Å². The van der Waals surface area contributed by atoms with Gasteiger partial charge >= 0.3 is 11.9 Å². The van der Waals surface area contributed by atoms with Crippen molar-refractivity contribution in [3.8, 4) is 0 Å². The first kappa shape index (κ1) is 25.3. The van der Waals surface area contributed by atoms with E-state index in [1.54, 1.807) is 6.20 Å². The van der Waals surface area contributed by atoms with Gasteiger partial charge in [-0.2, -0.15) is 0 Å². The van der Waals surface area contributed by atoms with Crippen LogP contribution in [0.3, 0.4) is 0 Å². The fourth-order valence-electron chi connectivity index (χ4n) is 3.17. The third-order valence-corrected chi connectivity index (χ3v) is 4.95. The van der Waals surface area contributed by atoms with Gasteiger partial charge in [-0.25, -0.2) is 0 Å². The predicted molar refractivity (Wildman–Crippen MR) is 117 cm³/mol. The largest absolute Gasteiger partial charge is 0.481 e. The molecule has 0 fully saturated rings. The number of nitrogens with one attached hydrogen (secondary N) is 4. The molecule has 0 aliphatic rings. The van der Waals surface area contributed by atoms with Crippen LogP contribution < -0.4 is 21.7 Å². The van der Waals surface area contributed by atoms with Crippen molar-refractivity contribution in [3.63, 3.8) is 0 Å². The number of carboxylic acid groups (broad SMARTS) is 2. The van der Waals surface area contributed by atoms with Gasteiger partial charge in [0.15, 0.2) is 0 Å². The molecule has 8 N–H and O–H groups in total. The quantitative estimate of drug-likeness (QED) is 0.210. The number of fused-ring (bicyclic) bond motifs is 1. The van der Waals surface area contributed by atoms with E-state index in [2.05, 4.69) is 20.9 Å². The summed E-state index contributed by atoms with van der Waals surface area (Å²) in [5, 5.41) is 26.0. The van der Waals surface area contributed by atoms with Crippen LogP contribution in [0.5, 0.6) is 0 Å². The van der Waals surface area contributed by atoms with E-state index >= 15 is 0 Å². The molecule has 0 spiro atoms. The summed E-state index contributed by atoms with van der Waals surface area (Å²) in [6.07, 6.45) is 1.07. The molecule has 2 rings (SSSR count). The summed E-state index contributed by atoms with van der Waals surface area (Å²) >= 11 is 0. The molecule has 1 heterocycles. The molecule has 178 valence electrons. The Labute approximate surface area is 188 Å². The highest BCUT2D eigenvalue weighted by Crippen LogP contribution is 2.19. The Hall–Kier alpha value is -3.93. The molecule has 12 nitrogen and oxygen atoms in total. The first-order chi connectivity index (χ1) is 15.6. The molecule has 33 heavy (non-hydrogen) atoms. The first-order valence-corrected chi connectivity index (χ1v) is 10.2. The Morgan fingerprint density at radius 2 is 1.67 bits per heavy atom. The van der Waals surface area contributed by atoms with E-state index in [0.29, 0.717) is 5.56 Å². The zero-order valence-electron chi connectivity index (χ0n) is 18.0. The molecule has 0 radical (unpaired) electrons. The summed E-state index contributed by atoms with van der Waals surface area (Å²) in [7, 11) is 0. The number of para-hydroxylation sites is 1. The Kier molecular flexibility index (Phi) is 8.92. The number of H-pyrrole nitrogens is 1. The number of hydrogen-bond donors (Lipinski definition) is 7. The van der Waals surface area contributed by atoms with Crippen molar-refractivity contribution < 1.29 is 34.2 Å². The lowest BCUT2D eigenvalue weighted by Crippen LogP contribution is -2.56. The fourth-order valence-corrected chi connectivity index (χ4v) is 3.17. The molecule has 0 aliphatic carbocycles. The molecular formula is C21H27N5O7. The second kappa shape index (κ2) is 11.6. The first-order valence-electron chi connectivity index (χ1n) is 10.2. The number of hydrogen-bond acceptors (Lipinski definition) is 6. The Morgan fingerprint density at radius 1 is 1.00 bits per heavy atom. The van der Waals surface area contributed by atoms with Gasteiger partial charge in [-0.3, -0.25) is 24.0 Å². The zero-order chi connectivity index (χ0) is 24.5. The number of amides is 3. The molecular weight excluding hydrogens is 434 g/mol. The topological polar surface area (TPSA) is 204 Å². The number of carbonyl (C=O) groups is 5. The van der Waals surface area contributed by atoms with E-state index in [4.69, 9.17) is 15.9 Å². The minimum Gasteiger partial charge on any atom is -0.481 e. The van der Waals surface area contributed by atoms with E-state index in [0.717, 1.165) is 10.9 Å². The van der Waals surface area contributed by atoms with Crippen molar-refractivity contribution in [3.05, 3.63) is 36.0 Å². The summed E-state index contributed by atoms with van der Waals surface area (Å²) in [5.41, 5.74) is 6.78. The van der Waals surface area contributed by atoms with Crippen LogP contribution in [0.15, 0.2) is 30.5 Å². The van der Waals surface area contributed by atoms with Crippen LogP contribution in [0.1, 0.15) is 25.3 Å². The lowest BCUT2D eigenvalue weighted by Gasteiger charge is -2.23. The maximum absolute atomic E-state index is 12.9. The van der Waals surface area contributed by atoms with Crippen molar-refractivity contribution in [1.82, 2.24) is 20.9 Å². The number of rotatable bonds is 12. The number of benzene rings is 1. The van der Waals surface area contributed by atoms with Gasteiger partial charge in [0.25, 0.3) is 0 Å². The normalized spacial score (nSPS) is 13.5. The monoisotopic (exact) mass is 461 g/mol. The van der Waals surface area contributed by atoms with Gasteiger partial charge in [0.1, 0.15) is 18.1 Å². The summed E-state index contributed by atoms with van der Waals surface area (Å²) in [4.78, 5) is 62.6. The molecule has 0 saturated carbocycles. The minimum atomic E-state index is -1.25. The van der Waals surface area contributed by atoms with Gasteiger partial charge in [-0.05, 0) is 25.0 Å². The highest BCUT2D eigenvalue weighted by Gasteiger charge is 2.29. The van der Waals surface area contributed by atoms with Gasteiger partial charge in [0, 0.05) is 29.9 Å². The Balaban J connectivity index is 2.27. The summed E-state index contributed by atoms with van der Waals surface area (Å²) in [6.45, 7) is 0.869. The molecule has 1 aromatic carbocycles. The molecule has 3 unspecified atom stereocenters. The maximum atomic E-state index is 12.9. The van der Waals surface area contributed by atoms with E-state index in [9.17, 15) is 24.0 Å². The molecule has 3 atom stereocenters. The van der Waals surface area contributed by atoms with Crippen molar-refractivity contribution in [2.75, 3.05) is 6.54 Å². The number of carboxylic acids is 2. The number of carbonyl (C=O) groups excluding carboxylic acids is 3. The van der Waals surface area contributed by atoms with Crippen LogP contribution in [-0.2, 0) is 30.4 Å². The van der Waals surface area contributed by atoms with Crippen molar-refractivity contribution in [1.29, 1.82) is 0 Å². The average molecular weight is 461 g/mol. The summed E-state index contributed by atoms with van der Waals surface area (Å²) in [5.74, 6) is -4.63. The maximum Gasteiger partial charge on any atom is 0.325 e. The standard InChI is InChI=1S/C21H27N5O7/c1-11(21(32)33)24-20(31)16(8-12-10-23-14-5-3-2-4-13(12)14)26-19(30)15(6-7-18(28)29)25-17(27)9-22/h2-5,10-11,15-16,23H,6-9,22H2,1H3,(H,24,31)(H,25,27)(H,26,30)(H,28,29)(H,32,33). The Bertz CT molecular complexity index is 1030. The zero-order valence-corrected chi connectivity index (χ0v) is 18.0. The van der Waals surface area contributed by atoms with Gasteiger partial charge in [0.05, 0.1) is 6.54 Å². The van der Waals surface area contributed by atoms with E-state index in [1.807, 2.05) is 24.3 Å². The molecule has 2 aromatic rings. The van der Waals surface area contributed by atoms with Crippen LogP contribution in [0.25, 0.3) is 10.9 Å². The fraction of sp³-hybridized carbons (Fsp3) is 0.381. The SMILES string of the molecule is CC(NC(=O)C(Cc1c[nH]c2ccccc12)NC(=O)C(CCC(=O)O)NC(=O)CN)C(=O)O. The lowest BCUT2D eigenvalue weighted by molar-refractivity contribution is -0.141. The number of aromatic nitrogens is 1. The van der Waals surface area contributed by atoms with Crippen LogP contribution in [0.2, 0.25) is 0 Å². The van der Waals surface area contributed by atoms with Gasteiger partial charge in [0.2, 0.25) is 17.7 Å². The van der Waals surface area contributed by atoms with Crippen LogP contribution >= 0.6 is 0 Å². The number of aliphatic carboxylic acids is 2. The summed E-state index contributed by atoms with van der Waals surface area (Å²) in [6, 6.07) is 3.66. The van der Waals surface area contributed by atoms with Crippen LogP contribution in [-0.4, -0.2) is 69.5 Å². The molecule has 3 amide bonds. The van der Waals surface area contributed by atoms with Gasteiger partial charge < -0.3 is 36.9 Å². The highest BCUT2D eigenvalue weighted by molar-refractivity contribution is 5.94. The highest BCUT2D eigenvalue weighted by atomic mass is 16.4. The molecule has 0 saturated heterocycles. The Morgan fingerprint density at radius 3 is 2.30 bits per heavy atom. The molecule has 0 aliphatic heterocycles. The third kappa shape index (κ3) is 7.31. The van der Waals surface area contributed by atoms with Crippen molar-refractivity contribution in [2.24, 2.45) is 5.73 Å². The van der Waals surface area contributed by atoms with Crippen molar-refractivity contribution >= 4 is 40.6 Å². The molecule has 12 heteroatoms. The van der Waals surface area contributed by atoms with E-state index in [-0.39, 0.29) is 12.8 Å². The summed E-state index contributed by atoms with van der Waals surface area (Å²) < 4.78 is 0. The van der Waals surface area contributed by atoms with Gasteiger partial charge in [-0.15, -0.1) is 0 Å². The number of nitrogens with two attached hydrogens (primary N) is 1. The smallest absolute Gasteiger partial charge is 0.325 e. The van der Waals surface area contributed by atoms with Crippen molar-refractivity contribution in [2.45, 2.75) is 44.3 Å². The molecule has 0 bridgehead atoms. The van der Waals surface area contributed by atoms with Crippen LogP contribution in [0.4, 0.5) is 0 Å². The molecule has 1 aromatic heterocycles. The van der Waals surface area contributed by atoms with Crippen LogP contribution in [0, 0.1) is 0 Å². The second-order valence-corrected chi connectivity index (χ2v) is 7.45.